The van der Waals surface area contributed by atoms with Crippen LogP contribution in [0.25, 0.3) is 5.69 Å². The quantitative estimate of drug-likeness (QED) is 0.766. The van der Waals surface area contributed by atoms with Gasteiger partial charge in [-0.2, -0.15) is 5.10 Å². The first-order chi connectivity index (χ1) is 12.0. The molecule has 1 atom stereocenters. The zero-order chi connectivity index (χ0) is 18.0. The second-order valence-corrected chi connectivity index (χ2v) is 5.68. The standard InChI is InChI=1S/C18H17FN4O2/c1-11(22-18(25)15-4-3-9-20-17(15)24)16-10-21-23(12(16)2)14-7-5-13(19)6-8-14/h3-11H,1-2H3,(H,20,24)(H,22,25)/t11-/m1/s1. The van der Waals surface area contributed by atoms with Gasteiger partial charge in [-0.05, 0) is 50.2 Å². The highest BCUT2D eigenvalue weighted by molar-refractivity contribution is 5.94. The zero-order valence-corrected chi connectivity index (χ0v) is 13.8. The second-order valence-electron chi connectivity index (χ2n) is 5.68. The summed E-state index contributed by atoms with van der Waals surface area (Å²) >= 11 is 0. The number of pyridine rings is 1. The van der Waals surface area contributed by atoms with E-state index >= 15 is 0 Å². The van der Waals surface area contributed by atoms with Crippen molar-refractivity contribution >= 4 is 5.91 Å². The molecule has 0 bridgehead atoms. The van der Waals surface area contributed by atoms with Crippen molar-refractivity contribution in [1.29, 1.82) is 0 Å². The number of H-pyrrole nitrogens is 1. The summed E-state index contributed by atoms with van der Waals surface area (Å²) in [4.78, 5) is 26.4. The van der Waals surface area contributed by atoms with Crippen LogP contribution in [0.1, 0.15) is 34.6 Å². The monoisotopic (exact) mass is 340 g/mol. The highest BCUT2D eigenvalue weighted by atomic mass is 19.1. The Kier molecular flexibility index (Phi) is 4.47. The molecule has 0 saturated heterocycles. The van der Waals surface area contributed by atoms with E-state index in [2.05, 4.69) is 15.4 Å². The molecular weight excluding hydrogens is 323 g/mol. The number of aromatic nitrogens is 3. The average molecular weight is 340 g/mol. The Labute approximate surface area is 143 Å². The average Bonchev–Trinajstić information content (AvgIpc) is 2.97. The molecule has 1 amide bonds. The molecule has 6 nitrogen and oxygen atoms in total. The SMILES string of the molecule is Cc1c([C@@H](C)NC(=O)c2ccc[nH]c2=O)cnn1-c1ccc(F)cc1. The number of carbonyl (C=O) groups is 1. The summed E-state index contributed by atoms with van der Waals surface area (Å²) in [5.74, 6) is -0.772. The first kappa shape index (κ1) is 16.6. The highest BCUT2D eigenvalue weighted by Gasteiger charge is 2.18. The van der Waals surface area contributed by atoms with Gasteiger partial charge in [0.05, 0.1) is 17.9 Å². The van der Waals surface area contributed by atoms with Gasteiger partial charge in [-0.1, -0.05) is 0 Å². The number of benzene rings is 1. The molecule has 0 aliphatic rings. The summed E-state index contributed by atoms with van der Waals surface area (Å²) in [6.07, 6.45) is 3.12. The van der Waals surface area contributed by atoms with E-state index in [0.717, 1.165) is 16.9 Å². The van der Waals surface area contributed by atoms with Crippen molar-refractivity contribution < 1.29 is 9.18 Å². The molecule has 2 heterocycles. The molecule has 3 aromatic rings. The van der Waals surface area contributed by atoms with E-state index in [0.29, 0.717) is 0 Å². The van der Waals surface area contributed by atoms with E-state index in [-0.39, 0.29) is 17.4 Å². The van der Waals surface area contributed by atoms with Crippen molar-refractivity contribution in [1.82, 2.24) is 20.1 Å². The van der Waals surface area contributed by atoms with Crippen LogP contribution < -0.4 is 10.9 Å². The maximum Gasteiger partial charge on any atom is 0.260 e. The maximum atomic E-state index is 13.1. The number of aromatic amines is 1. The fourth-order valence-corrected chi connectivity index (χ4v) is 2.64. The number of halogens is 1. The van der Waals surface area contributed by atoms with Gasteiger partial charge in [0.2, 0.25) is 0 Å². The molecule has 7 heteroatoms. The third kappa shape index (κ3) is 3.35. The van der Waals surface area contributed by atoms with Crippen LogP contribution in [-0.4, -0.2) is 20.7 Å². The minimum Gasteiger partial charge on any atom is -0.345 e. The number of nitrogens with zero attached hydrogens (tertiary/aromatic N) is 2. The second kappa shape index (κ2) is 6.72. The maximum absolute atomic E-state index is 13.1. The minimum absolute atomic E-state index is 0.0536. The van der Waals surface area contributed by atoms with Crippen LogP contribution in [0.3, 0.4) is 0 Å². The highest BCUT2D eigenvalue weighted by Crippen LogP contribution is 2.20. The molecule has 0 fully saturated rings. The van der Waals surface area contributed by atoms with E-state index in [1.807, 2.05) is 13.8 Å². The summed E-state index contributed by atoms with van der Waals surface area (Å²) in [6.45, 7) is 3.68. The predicted molar refractivity (Wildman–Crippen MR) is 91.2 cm³/mol. The lowest BCUT2D eigenvalue weighted by molar-refractivity contribution is 0.0938. The van der Waals surface area contributed by atoms with E-state index < -0.39 is 11.5 Å². The molecule has 0 aliphatic carbocycles. The lowest BCUT2D eigenvalue weighted by Crippen LogP contribution is -2.31. The van der Waals surface area contributed by atoms with E-state index in [1.165, 1.54) is 24.4 Å². The Balaban J connectivity index is 1.83. The van der Waals surface area contributed by atoms with Gasteiger partial charge in [0.15, 0.2) is 0 Å². The van der Waals surface area contributed by atoms with Crippen molar-refractivity contribution in [3.8, 4) is 5.69 Å². The lowest BCUT2D eigenvalue weighted by atomic mass is 10.1. The van der Waals surface area contributed by atoms with Crippen LogP contribution in [0.15, 0.2) is 53.6 Å². The van der Waals surface area contributed by atoms with Gasteiger partial charge >= 0.3 is 0 Å². The lowest BCUT2D eigenvalue weighted by Gasteiger charge is -2.14. The third-order valence-electron chi connectivity index (χ3n) is 4.00. The molecule has 3 rings (SSSR count). The fraction of sp³-hybridized carbons (Fsp3) is 0.167. The number of hydrogen-bond acceptors (Lipinski definition) is 3. The summed E-state index contributed by atoms with van der Waals surface area (Å²) in [7, 11) is 0. The Bertz CT molecular complexity index is 960. The summed E-state index contributed by atoms with van der Waals surface area (Å²) in [5.41, 5.74) is 1.97. The number of rotatable bonds is 4. The molecule has 0 aliphatic heterocycles. The van der Waals surface area contributed by atoms with Crippen LogP contribution in [0.2, 0.25) is 0 Å². The number of carbonyl (C=O) groups excluding carboxylic acids is 1. The predicted octanol–water partition coefficient (Wildman–Crippen LogP) is 2.50. The normalized spacial score (nSPS) is 12.0. The Morgan fingerprint density at radius 3 is 2.68 bits per heavy atom. The van der Waals surface area contributed by atoms with Gasteiger partial charge in [0, 0.05) is 17.5 Å². The molecule has 1 aromatic carbocycles. The molecule has 0 unspecified atom stereocenters. The number of amides is 1. The Morgan fingerprint density at radius 1 is 1.28 bits per heavy atom. The van der Waals surface area contributed by atoms with E-state index in [4.69, 9.17) is 0 Å². The Hall–Kier alpha value is -3.22. The smallest absolute Gasteiger partial charge is 0.260 e. The van der Waals surface area contributed by atoms with E-state index in [9.17, 15) is 14.0 Å². The largest absolute Gasteiger partial charge is 0.345 e. The summed E-state index contributed by atoms with van der Waals surface area (Å²) < 4.78 is 14.7. The van der Waals surface area contributed by atoms with Crippen LogP contribution in [0, 0.1) is 12.7 Å². The molecule has 25 heavy (non-hydrogen) atoms. The van der Waals surface area contributed by atoms with Crippen LogP contribution >= 0.6 is 0 Å². The van der Waals surface area contributed by atoms with Gasteiger partial charge in [0.1, 0.15) is 11.4 Å². The first-order valence-corrected chi connectivity index (χ1v) is 7.76. The molecular formula is C18H17FN4O2. The van der Waals surface area contributed by atoms with Crippen LogP contribution in [0.4, 0.5) is 4.39 Å². The minimum atomic E-state index is -0.455. The van der Waals surface area contributed by atoms with Crippen molar-refractivity contribution in [3.05, 3.63) is 81.8 Å². The number of nitrogens with one attached hydrogen (secondary N) is 2. The number of hydrogen-bond donors (Lipinski definition) is 2. The molecule has 2 aromatic heterocycles. The third-order valence-corrected chi connectivity index (χ3v) is 4.00. The Morgan fingerprint density at radius 2 is 2.00 bits per heavy atom. The first-order valence-electron chi connectivity index (χ1n) is 7.76. The topological polar surface area (TPSA) is 79.8 Å². The van der Waals surface area contributed by atoms with Crippen molar-refractivity contribution in [3.63, 3.8) is 0 Å². The fourth-order valence-electron chi connectivity index (χ4n) is 2.64. The van der Waals surface area contributed by atoms with Gasteiger partial charge < -0.3 is 10.3 Å². The van der Waals surface area contributed by atoms with Gasteiger partial charge in [0.25, 0.3) is 11.5 Å². The van der Waals surface area contributed by atoms with Crippen LogP contribution in [-0.2, 0) is 0 Å². The molecule has 2 N–H and O–H groups in total. The zero-order valence-electron chi connectivity index (χ0n) is 13.8. The van der Waals surface area contributed by atoms with Gasteiger partial charge in [-0.3, -0.25) is 9.59 Å². The summed E-state index contributed by atoms with van der Waals surface area (Å²) in [5, 5.41) is 7.11. The van der Waals surface area contributed by atoms with Crippen molar-refractivity contribution in [2.24, 2.45) is 0 Å². The van der Waals surface area contributed by atoms with Gasteiger partial charge in [-0.25, -0.2) is 9.07 Å². The molecule has 0 radical (unpaired) electrons. The van der Waals surface area contributed by atoms with Crippen LogP contribution in [0.5, 0.6) is 0 Å². The van der Waals surface area contributed by atoms with Crippen molar-refractivity contribution in [2.75, 3.05) is 0 Å². The van der Waals surface area contributed by atoms with E-state index in [1.54, 1.807) is 29.1 Å². The van der Waals surface area contributed by atoms with Crippen molar-refractivity contribution in [2.45, 2.75) is 19.9 Å². The molecule has 0 spiro atoms. The molecule has 128 valence electrons. The summed E-state index contributed by atoms with van der Waals surface area (Å²) in [6, 6.07) is 8.71. The van der Waals surface area contributed by atoms with Gasteiger partial charge in [-0.15, -0.1) is 0 Å². The molecule has 0 saturated carbocycles.